The monoisotopic (exact) mass is 458 g/mol. The van der Waals surface area contributed by atoms with E-state index in [4.69, 9.17) is 0 Å². The Hall–Kier alpha value is -2.35. The molecule has 1 saturated heterocycles. The second-order valence-electron chi connectivity index (χ2n) is 8.98. The topological polar surface area (TPSA) is 90.9 Å². The van der Waals surface area contributed by atoms with Crippen LogP contribution in [0.2, 0.25) is 0 Å². The molecule has 1 atom stereocenters. The molecule has 2 fully saturated rings. The lowest BCUT2D eigenvalue weighted by Gasteiger charge is -2.25. The molecule has 1 aromatic rings. The smallest absolute Gasteiger partial charge is 0.309 e. The van der Waals surface area contributed by atoms with Crippen LogP contribution in [0.25, 0.3) is 0 Å². The van der Waals surface area contributed by atoms with Gasteiger partial charge in [0.1, 0.15) is 0 Å². The number of carbonyl (C=O) groups is 3. The molecule has 0 aromatic heterocycles. The fourth-order valence-electron chi connectivity index (χ4n) is 4.16. The van der Waals surface area contributed by atoms with Crippen molar-refractivity contribution in [2.24, 2.45) is 16.9 Å². The van der Waals surface area contributed by atoms with Crippen molar-refractivity contribution in [3.05, 3.63) is 35.9 Å². The van der Waals surface area contributed by atoms with Crippen molar-refractivity contribution in [2.45, 2.75) is 65.0 Å². The third kappa shape index (κ3) is 7.08. The molecule has 0 radical (unpaired) electrons. The molecule has 1 aliphatic carbocycles. The number of thioether (sulfide) groups is 1. The molecule has 8 heteroatoms. The lowest BCUT2D eigenvalue weighted by molar-refractivity contribution is -0.140. The van der Waals surface area contributed by atoms with Crippen LogP contribution in [-0.4, -0.2) is 46.0 Å². The molecule has 7 nitrogen and oxygen atoms in total. The Labute approximate surface area is 194 Å². The van der Waals surface area contributed by atoms with Crippen molar-refractivity contribution in [1.82, 2.24) is 15.6 Å². The Bertz CT molecular complexity index is 822. The molecule has 2 aliphatic rings. The number of amidine groups is 1. The largest absolute Gasteiger partial charge is 0.345 e. The van der Waals surface area contributed by atoms with Gasteiger partial charge in [0, 0.05) is 24.8 Å². The molecular weight excluding hydrogens is 424 g/mol. The van der Waals surface area contributed by atoms with Crippen molar-refractivity contribution in [2.75, 3.05) is 12.3 Å². The van der Waals surface area contributed by atoms with Gasteiger partial charge in [0.05, 0.1) is 6.04 Å². The third-order valence-corrected chi connectivity index (χ3v) is 6.87. The van der Waals surface area contributed by atoms with Crippen LogP contribution in [0.15, 0.2) is 35.4 Å². The summed E-state index contributed by atoms with van der Waals surface area (Å²) >= 11 is 1.55. The van der Waals surface area contributed by atoms with Crippen LogP contribution in [-0.2, 0) is 20.9 Å². The Morgan fingerprint density at radius 1 is 1.12 bits per heavy atom. The second kappa shape index (κ2) is 12.0. The average molecular weight is 459 g/mol. The average Bonchev–Trinajstić information content (AvgIpc) is 3.24. The number of nitrogens with one attached hydrogen (secondary N) is 2. The van der Waals surface area contributed by atoms with E-state index in [9.17, 15) is 14.4 Å². The van der Waals surface area contributed by atoms with Crippen molar-refractivity contribution in [3.63, 3.8) is 0 Å². The van der Waals surface area contributed by atoms with Gasteiger partial charge in [0.2, 0.25) is 11.7 Å². The van der Waals surface area contributed by atoms with Gasteiger partial charge in [0.25, 0.3) is 0 Å². The number of carbonyl (C=O) groups excluding carboxylic acids is 3. The number of amides is 2. The molecule has 2 N–H and O–H groups in total. The van der Waals surface area contributed by atoms with Crippen LogP contribution in [0.1, 0.15) is 57.9 Å². The van der Waals surface area contributed by atoms with E-state index >= 15 is 0 Å². The number of nitrogens with zero attached hydrogens (tertiary/aromatic N) is 2. The molecule has 1 aromatic carbocycles. The van der Waals surface area contributed by atoms with Crippen LogP contribution < -0.4 is 10.7 Å². The molecule has 32 heavy (non-hydrogen) atoms. The number of hydrogen-bond donors (Lipinski definition) is 2. The summed E-state index contributed by atoms with van der Waals surface area (Å²) < 4.78 is 0. The third-order valence-electron chi connectivity index (χ3n) is 5.87. The maximum atomic E-state index is 12.9. The van der Waals surface area contributed by atoms with Crippen molar-refractivity contribution in [1.29, 1.82) is 0 Å². The highest BCUT2D eigenvalue weighted by atomic mass is 32.2. The van der Waals surface area contributed by atoms with Gasteiger partial charge in [-0.05, 0) is 30.7 Å². The number of Topliss-reactive ketones (excluding diaryl/α,β-unsaturated/α-hetero) is 1. The van der Waals surface area contributed by atoms with E-state index in [0.717, 1.165) is 50.0 Å². The van der Waals surface area contributed by atoms with E-state index in [1.165, 1.54) is 0 Å². The summed E-state index contributed by atoms with van der Waals surface area (Å²) in [5, 5.41) is 7.78. The van der Waals surface area contributed by atoms with Crippen LogP contribution in [0.5, 0.6) is 0 Å². The van der Waals surface area contributed by atoms with Crippen LogP contribution in [0.4, 0.5) is 0 Å². The zero-order valence-electron chi connectivity index (χ0n) is 19.0. The Balaban J connectivity index is 1.59. The first-order valence-corrected chi connectivity index (χ1v) is 12.6. The minimum atomic E-state index is -0.818. The Morgan fingerprint density at radius 3 is 2.53 bits per heavy atom. The Kier molecular flexibility index (Phi) is 9.14. The first-order valence-electron chi connectivity index (χ1n) is 11.6. The maximum Gasteiger partial charge on any atom is 0.309 e. The van der Waals surface area contributed by atoms with E-state index in [-0.39, 0.29) is 17.7 Å². The fraction of sp³-hybridized carbons (Fsp3) is 0.583. The van der Waals surface area contributed by atoms with Gasteiger partial charge in [-0.25, -0.2) is 5.43 Å². The van der Waals surface area contributed by atoms with Gasteiger partial charge in [0.15, 0.2) is 5.17 Å². The first kappa shape index (κ1) is 24.3. The second-order valence-corrected chi connectivity index (χ2v) is 10.0. The predicted molar refractivity (Wildman–Crippen MR) is 128 cm³/mol. The summed E-state index contributed by atoms with van der Waals surface area (Å²) in [5.74, 6) is -0.534. The van der Waals surface area contributed by atoms with Gasteiger partial charge in [-0.2, -0.15) is 0 Å². The predicted octanol–water partition coefficient (Wildman–Crippen LogP) is 3.30. The van der Waals surface area contributed by atoms with Gasteiger partial charge >= 0.3 is 5.91 Å². The van der Waals surface area contributed by atoms with Gasteiger partial charge in [-0.15, -0.1) is 5.10 Å². The zero-order valence-corrected chi connectivity index (χ0v) is 19.8. The van der Waals surface area contributed by atoms with Crippen LogP contribution in [0.3, 0.4) is 0 Å². The number of ketones is 1. The van der Waals surface area contributed by atoms with Gasteiger partial charge in [-0.1, -0.05) is 75.2 Å². The van der Waals surface area contributed by atoms with Gasteiger partial charge in [-0.3, -0.25) is 14.4 Å². The maximum absolute atomic E-state index is 12.9. The summed E-state index contributed by atoms with van der Waals surface area (Å²) in [5.41, 5.74) is 3.59. The van der Waals surface area contributed by atoms with Crippen molar-refractivity contribution in [3.8, 4) is 0 Å². The number of hydrogen-bond acceptors (Lipinski definition) is 5. The molecule has 1 aliphatic heterocycles. The van der Waals surface area contributed by atoms with E-state index in [1.54, 1.807) is 11.8 Å². The zero-order chi connectivity index (χ0) is 22.9. The molecule has 0 unspecified atom stereocenters. The number of hydrazone groups is 1. The van der Waals surface area contributed by atoms with Crippen LogP contribution in [0, 0.1) is 11.8 Å². The van der Waals surface area contributed by atoms with Crippen molar-refractivity contribution >= 4 is 34.5 Å². The molecule has 0 spiro atoms. The standard InChI is InChI=1S/C24H34N4O3S/c1-17(2)15-20(25-22(30)19-11-7-4-8-12-19)21(29)23(31)26-27-24-28(13-14-32-24)16-18-9-5-3-6-10-18/h3,5-6,9-10,17,19-20H,4,7-8,11-16H2,1-2H3,(H,25,30)(H,26,31)/t20-/m0/s1. The molecule has 3 rings (SSSR count). The van der Waals surface area contributed by atoms with Crippen molar-refractivity contribution < 1.29 is 14.4 Å². The highest BCUT2D eigenvalue weighted by Gasteiger charge is 2.31. The Morgan fingerprint density at radius 2 is 1.84 bits per heavy atom. The highest BCUT2D eigenvalue weighted by Crippen LogP contribution is 2.24. The highest BCUT2D eigenvalue weighted by molar-refractivity contribution is 8.14. The van der Waals surface area contributed by atoms with E-state index in [2.05, 4.69) is 20.7 Å². The summed E-state index contributed by atoms with van der Waals surface area (Å²) in [6.45, 7) is 5.48. The SMILES string of the molecule is CC(C)C[C@H](NC(=O)C1CCCCC1)C(=O)C(=O)NN=C1SCCN1Cc1ccccc1. The first-order chi connectivity index (χ1) is 15.4. The number of rotatable bonds is 9. The molecule has 0 bridgehead atoms. The van der Waals surface area contributed by atoms with E-state index in [1.807, 2.05) is 44.2 Å². The molecule has 174 valence electrons. The normalized spacial score (nSPS) is 19.2. The summed E-state index contributed by atoms with van der Waals surface area (Å²) in [6.07, 6.45) is 5.36. The number of benzene rings is 1. The summed E-state index contributed by atoms with van der Waals surface area (Å²) in [4.78, 5) is 40.2. The minimum Gasteiger partial charge on any atom is -0.345 e. The quantitative estimate of drug-likeness (QED) is 0.438. The molecule has 1 heterocycles. The molecular formula is C24H34N4O3S. The summed E-state index contributed by atoms with van der Waals surface area (Å²) in [7, 11) is 0. The lowest BCUT2D eigenvalue weighted by Crippen LogP contribution is -2.49. The molecule has 1 saturated carbocycles. The fourth-order valence-corrected chi connectivity index (χ4v) is 5.10. The van der Waals surface area contributed by atoms with Crippen LogP contribution >= 0.6 is 11.8 Å². The minimum absolute atomic E-state index is 0.0593. The van der Waals surface area contributed by atoms with Gasteiger partial charge < -0.3 is 10.2 Å². The van der Waals surface area contributed by atoms with E-state index in [0.29, 0.717) is 18.1 Å². The lowest BCUT2D eigenvalue weighted by atomic mass is 9.88. The molecule has 2 amide bonds. The summed E-state index contributed by atoms with van der Waals surface area (Å²) in [6, 6.07) is 9.24. The van der Waals surface area contributed by atoms with E-state index < -0.39 is 17.7 Å².